The highest BCUT2D eigenvalue weighted by molar-refractivity contribution is 6.31. The average molecular weight is 293 g/mol. The number of benzene rings is 1. The highest BCUT2D eigenvalue weighted by Gasteiger charge is 2.15. The van der Waals surface area contributed by atoms with Gasteiger partial charge in [0.2, 0.25) is 0 Å². The summed E-state index contributed by atoms with van der Waals surface area (Å²) in [5.74, 6) is 0.619. The van der Waals surface area contributed by atoms with Gasteiger partial charge in [-0.1, -0.05) is 23.8 Å². The molecule has 1 atom stereocenters. The highest BCUT2D eigenvalue weighted by Crippen LogP contribution is 2.24. The molecule has 1 aliphatic rings. The molecule has 1 aliphatic carbocycles. The first-order valence-corrected chi connectivity index (χ1v) is 7.36. The lowest BCUT2D eigenvalue weighted by Gasteiger charge is -2.21. The number of rotatable bonds is 4. The van der Waals surface area contributed by atoms with Crippen LogP contribution in [0.1, 0.15) is 29.6 Å². The minimum atomic E-state index is -0.00675. The van der Waals surface area contributed by atoms with Crippen molar-refractivity contribution in [2.24, 2.45) is 5.92 Å². The lowest BCUT2D eigenvalue weighted by molar-refractivity contribution is 0.0828. The number of carbonyl (C=O) groups is 1. The standard InChI is InChI=1S/C16H21ClN2O/c1-19(2)16(20)14-9-8-13(17)10-15(14)18-11-12-6-4-3-5-7-12/h3-4,8-10,12,18H,5-7,11H2,1-2H3. The summed E-state index contributed by atoms with van der Waals surface area (Å²) >= 11 is 6.05. The predicted molar refractivity (Wildman–Crippen MR) is 84.4 cm³/mol. The molecule has 108 valence electrons. The smallest absolute Gasteiger partial charge is 0.255 e. The second-order valence-electron chi connectivity index (χ2n) is 5.42. The Morgan fingerprint density at radius 2 is 2.20 bits per heavy atom. The highest BCUT2D eigenvalue weighted by atomic mass is 35.5. The maximum atomic E-state index is 12.2. The minimum absolute atomic E-state index is 0.00675. The molecule has 1 aromatic carbocycles. The van der Waals surface area contributed by atoms with Crippen LogP contribution in [0.25, 0.3) is 0 Å². The third kappa shape index (κ3) is 3.76. The van der Waals surface area contributed by atoms with E-state index in [2.05, 4.69) is 17.5 Å². The van der Waals surface area contributed by atoms with Gasteiger partial charge in [0, 0.05) is 31.4 Å². The molecule has 4 heteroatoms. The predicted octanol–water partition coefficient (Wildman–Crippen LogP) is 3.81. The Hall–Kier alpha value is -1.48. The van der Waals surface area contributed by atoms with Gasteiger partial charge in [-0.15, -0.1) is 0 Å². The Morgan fingerprint density at radius 1 is 1.40 bits per heavy atom. The minimum Gasteiger partial charge on any atom is -0.384 e. The van der Waals surface area contributed by atoms with E-state index in [0.717, 1.165) is 25.1 Å². The zero-order valence-electron chi connectivity index (χ0n) is 12.0. The van der Waals surface area contributed by atoms with E-state index in [9.17, 15) is 4.79 Å². The van der Waals surface area contributed by atoms with Crippen molar-refractivity contribution >= 4 is 23.2 Å². The van der Waals surface area contributed by atoms with Crippen molar-refractivity contribution in [2.75, 3.05) is 26.0 Å². The summed E-state index contributed by atoms with van der Waals surface area (Å²) in [4.78, 5) is 13.7. The Labute approximate surface area is 125 Å². The number of amides is 1. The van der Waals surface area contributed by atoms with Crippen molar-refractivity contribution in [1.29, 1.82) is 0 Å². The monoisotopic (exact) mass is 292 g/mol. The summed E-state index contributed by atoms with van der Waals surface area (Å²) in [5.41, 5.74) is 1.50. The van der Waals surface area contributed by atoms with E-state index in [1.54, 1.807) is 31.1 Å². The molecule has 0 radical (unpaired) electrons. The van der Waals surface area contributed by atoms with Crippen LogP contribution < -0.4 is 5.32 Å². The molecule has 1 unspecified atom stereocenters. The van der Waals surface area contributed by atoms with Crippen molar-refractivity contribution in [3.05, 3.63) is 40.9 Å². The first-order valence-electron chi connectivity index (χ1n) is 6.98. The van der Waals surface area contributed by atoms with E-state index in [0.29, 0.717) is 16.5 Å². The van der Waals surface area contributed by atoms with E-state index < -0.39 is 0 Å². The van der Waals surface area contributed by atoms with E-state index in [1.807, 2.05) is 6.07 Å². The topological polar surface area (TPSA) is 32.3 Å². The summed E-state index contributed by atoms with van der Waals surface area (Å²) in [5, 5.41) is 4.04. The normalized spacial score (nSPS) is 17.9. The van der Waals surface area contributed by atoms with Gasteiger partial charge in [-0.05, 0) is 43.4 Å². The summed E-state index contributed by atoms with van der Waals surface area (Å²) < 4.78 is 0. The van der Waals surface area contributed by atoms with Crippen LogP contribution in [0.5, 0.6) is 0 Å². The van der Waals surface area contributed by atoms with Gasteiger partial charge < -0.3 is 10.2 Å². The Balaban J connectivity index is 2.10. The first kappa shape index (κ1) is 14.9. The zero-order valence-corrected chi connectivity index (χ0v) is 12.8. The van der Waals surface area contributed by atoms with Gasteiger partial charge in [0.15, 0.2) is 0 Å². The van der Waals surface area contributed by atoms with Crippen LogP contribution in [-0.2, 0) is 0 Å². The molecule has 0 saturated carbocycles. The summed E-state index contributed by atoms with van der Waals surface area (Å²) in [7, 11) is 3.51. The van der Waals surface area contributed by atoms with Crippen LogP contribution in [0.3, 0.4) is 0 Å². The molecule has 1 amide bonds. The number of hydrogen-bond donors (Lipinski definition) is 1. The Morgan fingerprint density at radius 3 is 2.85 bits per heavy atom. The van der Waals surface area contributed by atoms with Crippen LogP contribution in [0.15, 0.2) is 30.4 Å². The van der Waals surface area contributed by atoms with Crippen molar-refractivity contribution in [1.82, 2.24) is 4.90 Å². The lowest BCUT2D eigenvalue weighted by atomic mass is 9.94. The summed E-state index contributed by atoms with van der Waals surface area (Å²) in [6, 6.07) is 5.37. The average Bonchev–Trinajstić information content (AvgIpc) is 2.45. The second-order valence-corrected chi connectivity index (χ2v) is 5.86. The van der Waals surface area contributed by atoms with Gasteiger partial charge in [-0.2, -0.15) is 0 Å². The molecular formula is C16H21ClN2O. The van der Waals surface area contributed by atoms with Crippen LogP contribution >= 0.6 is 11.6 Å². The van der Waals surface area contributed by atoms with E-state index in [1.165, 1.54) is 6.42 Å². The molecule has 0 aromatic heterocycles. The van der Waals surface area contributed by atoms with Gasteiger partial charge in [-0.25, -0.2) is 0 Å². The largest absolute Gasteiger partial charge is 0.384 e. The maximum Gasteiger partial charge on any atom is 0.255 e. The molecule has 2 rings (SSSR count). The molecule has 0 aliphatic heterocycles. The van der Waals surface area contributed by atoms with Crippen molar-refractivity contribution in [3.63, 3.8) is 0 Å². The molecule has 0 spiro atoms. The molecule has 3 nitrogen and oxygen atoms in total. The number of halogens is 1. The molecular weight excluding hydrogens is 272 g/mol. The van der Waals surface area contributed by atoms with Crippen LogP contribution in [0.2, 0.25) is 5.02 Å². The number of anilines is 1. The van der Waals surface area contributed by atoms with Crippen molar-refractivity contribution < 1.29 is 4.79 Å². The quantitative estimate of drug-likeness (QED) is 0.856. The van der Waals surface area contributed by atoms with Gasteiger partial charge in [0.1, 0.15) is 0 Å². The first-order chi connectivity index (χ1) is 9.58. The van der Waals surface area contributed by atoms with Gasteiger partial charge in [-0.3, -0.25) is 4.79 Å². The number of carbonyl (C=O) groups excluding carboxylic acids is 1. The van der Waals surface area contributed by atoms with Gasteiger partial charge in [0.25, 0.3) is 5.91 Å². The molecule has 20 heavy (non-hydrogen) atoms. The Bertz CT molecular complexity index is 511. The maximum absolute atomic E-state index is 12.2. The van der Waals surface area contributed by atoms with Crippen molar-refractivity contribution in [3.8, 4) is 0 Å². The van der Waals surface area contributed by atoms with Gasteiger partial charge in [0.05, 0.1) is 5.56 Å². The number of hydrogen-bond acceptors (Lipinski definition) is 2. The third-order valence-electron chi connectivity index (χ3n) is 3.58. The summed E-state index contributed by atoms with van der Waals surface area (Å²) in [6.45, 7) is 0.873. The SMILES string of the molecule is CN(C)C(=O)c1ccc(Cl)cc1NCC1CC=CCC1. The van der Waals surface area contributed by atoms with E-state index in [-0.39, 0.29) is 5.91 Å². The number of allylic oxidation sites excluding steroid dienone is 2. The van der Waals surface area contributed by atoms with Crippen LogP contribution in [0, 0.1) is 5.92 Å². The molecule has 0 saturated heterocycles. The lowest BCUT2D eigenvalue weighted by Crippen LogP contribution is -2.24. The summed E-state index contributed by atoms with van der Waals surface area (Å²) in [6.07, 6.45) is 7.91. The van der Waals surface area contributed by atoms with Gasteiger partial charge >= 0.3 is 0 Å². The molecule has 1 N–H and O–H groups in total. The fourth-order valence-corrected chi connectivity index (χ4v) is 2.56. The molecule has 1 aromatic rings. The Kier molecular flexibility index (Phi) is 5.07. The van der Waals surface area contributed by atoms with E-state index >= 15 is 0 Å². The number of nitrogens with one attached hydrogen (secondary N) is 1. The fourth-order valence-electron chi connectivity index (χ4n) is 2.39. The fraction of sp³-hybridized carbons (Fsp3) is 0.438. The third-order valence-corrected chi connectivity index (χ3v) is 3.81. The van der Waals surface area contributed by atoms with E-state index in [4.69, 9.17) is 11.6 Å². The second kappa shape index (κ2) is 6.80. The zero-order chi connectivity index (χ0) is 14.5. The number of nitrogens with zero attached hydrogens (tertiary/aromatic N) is 1. The van der Waals surface area contributed by atoms with Crippen molar-refractivity contribution in [2.45, 2.75) is 19.3 Å². The molecule has 0 bridgehead atoms. The molecule has 0 fully saturated rings. The van der Waals surface area contributed by atoms with Crippen LogP contribution in [0.4, 0.5) is 5.69 Å². The van der Waals surface area contributed by atoms with Crippen LogP contribution in [-0.4, -0.2) is 31.4 Å². The molecule has 0 heterocycles.